The normalized spacial score (nSPS) is 18.6. The van der Waals surface area contributed by atoms with E-state index in [1.165, 1.54) is 42.5 Å². The Hall–Kier alpha value is -8.05. The van der Waals surface area contributed by atoms with Crippen LogP contribution in [0.4, 0.5) is 22.0 Å². The van der Waals surface area contributed by atoms with Gasteiger partial charge in [-0.25, -0.2) is 28.1 Å². The predicted octanol–water partition coefficient (Wildman–Crippen LogP) is 4.29. The van der Waals surface area contributed by atoms with Crippen molar-refractivity contribution in [2.45, 2.75) is 76.8 Å². The third-order valence-electron chi connectivity index (χ3n) is 15.1. The van der Waals surface area contributed by atoms with E-state index in [4.69, 9.17) is 58.4 Å². The quantitative estimate of drug-likeness (QED) is 0.00686. The number of ether oxygens (including phenoxy) is 8. The fourth-order valence-corrected chi connectivity index (χ4v) is 15.6. The molecule has 1 aromatic heterocycles. The minimum absolute atomic E-state index is 0.0141. The molecule has 4 aliphatic rings. The van der Waals surface area contributed by atoms with Gasteiger partial charge in [0.2, 0.25) is 0 Å². The van der Waals surface area contributed by atoms with E-state index in [1.807, 2.05) is 0 Å². The summed E-state index contributed by atoms with van der Waals surface area (Å²) in [5, 5.41) is 29.7. The van der Waals surface area contributed by atoms with Gasteiger partial charge in [0.25, 0.3) is 31.8 Å². The molecule has 5 aromatic rings. The number of aromatic carboxylic acids is 1. The highest BCUT2D eigenvalue weighted by Crippen LogP contribution is 2.66. The van der Waals surface area contributed by atoms with Crippen LogP contribution in [-0.2, 0) is 93.4 Å². The molecule has 1 amide bonds. The molecule has 102 heavy (non-hydrogen) atoms. The molecule has 5 atom stereocenters. The van der Waals surface area contributed by atoms with Crippen molar-refractivity contribution in [1.82, 2.24) is 14.9 Å². The summed E-state index contributed by atoms with van der Waals surface area (Å²) in [6, 6.07) is 15.6. The van der Waals surface area contributed by atoms with Crippen LogP contribution < -0.4 is 37.4 Å². The van der Waals surface area contributed by atoms with Crippen LogP contribution in [0.2, 0.25) is 0 Å². The number of fused-ring (bicyclic) bond motifs is 4. The van der Waals surface area contributed by atoms with Gasteiger partial charge in [0.15, 0.2) is 0 Å². The summed E-state index contributed by atoms with van der Waals surface area (Å²) in [6.07, 6.45) is -1.95. The fraction of sp³-hybridized carbons (Fsp3) is 0.390. The van der Waals surface area contributed by atoms with Gasteiger partial charge in [-0.1, -0.05) is 24.3 Å². The minimum Gasteiger partial charge on any atom is -0.478 e. The smallest absolute Gasteiger partial charge is 0.478 e. The van der Waals surface area contributed by atoms with Gasteiger partial charge in [-0.2, -0.15) is 30.4 Å². The number of nitro groups is 1. The molecule has 4 aliphatic heterocycles. The lowest BCUT2D eigenvalue weighted by Crippen LogP contribution is -2.33. The van der Waals surface area contributed by atoms with E-state index >= 15 is 0 Å². The number of hydrogen-bond donors (Lipinski definition) is 10. The number of carbonyl (C=O) groups is 3. The summed E-state index contributed by atoms with van der Waals surface area (Å²) < 4.78 is 163. The maximum Gasteiger partial charge on any atom is 0.508 e. The van der Waals surface area contributed by atoms with Crippen LogP contribution in [0.1, 0.15) is 94.4 Å². The number of amides is 1. The van der Waals surface area contributed by atoms with E-state index in [0.29, 0.717) is 22.2 Å². The molecular weight excluding hydrogens is 1460 g/mol. The maximum atomic E-state index is 13.6. The zero-order valence-corrected chi connectivity index (χ0v) is 58.5. The summed E-state index contributed by atoms with van der Waals surface area (Å²) in [5.41, 5.74) is 4.02. The van der Waals surface area contributed by atoms with Crippen LogP contribution in [0.25, 0.3) is 16.7 Å². The van der Waals surface area contributed by atoms with Crippen LogP contribution in [0.3, 0.4) is 0 Å². The number of nitrogen functional groups attached to an aromatic ring is 1. The number of phosphoric acid groups is 3. The first-order valence-corrected chi connectivity index (χ1v) is 38.0. The summed E-state index contributed by atoms with van der Waals surface area (Å²) >= 11 is 0. The molecule has 0 spiro atoms. The highest BCUT2D eigenvalue weighted by Gasteiger charge is 2.45. The SMILES string of the molecule is CC1(C)C=C(CS(=O)(=O)O)c2cc3c(cc2=N1)Oc1cc2c(cc1C=3c1ccc(C(=O)NCCOCCOCCOCCOCc3cccc(COC(=O)O[C@@H]4C[C@H](n5ccc(N)nc5=O)O[C@@H]4COP(=O)(O)OP(=O)(O)OP(=O)(O)O)c3[N+](=O)[O-])cc1C(=O)O)C(CS(=O)(=O)O)=CC(C)(C)N2. The molecule has 4 aromatic carbocycles. The van der Waals surface area contributed by atoms with Crippen molar-refractivity contribution in [1.29, 1.82) is 0 Å². The molecule has 1 saturated heterocycles. The topological polar surface area (TPSA) is 554 Å². The fourth-order valence-electron chi connectivity index (χ4n) is 11.3. The number of carbonyl (C=O) groups excluding carboxylic acids is 2. The Labute approximate surface area is 578 Å². The number of para-hydroxylation sites is 1. The van der Waals surface area contributed by atoms with E-state index in [2.05, 4.69) is 28.8 Å². The third kappa shape index (κ3) is 21.1. The van der Waals surface area contributed by atoms with Gasteiger partial charge < -0.3 is 78.9 Å². The number of benzene rings is 4. The molecule has 5 heterocycles. The van der Waals surface area contributed by atoms with Crippen LogP contribution in [-0.4, -0.2) is 177 Å². The van der Waals surface area contributed by atoms with Crippen LogP contribution in [0.15, 0.2) is 94.9 Å². The van der Waals surface area contributed by atoms with Crippen LogP contribution in [0, 0.1) is 10.1 Å². The molecular formula is C59H68N7O31P3S2. The summed E-state index contributed by atoms with van der Waals surface area (Å²) in [7, 11) is -26.5. The Morgan fingerprint density at radius 1 is 0.784 bits per heavy atom. The molecule has 9 rings (SSSR count). The Kier molecular flexibility index (Phi) is 24.1. The van der Waals surface area contributed by atoms with Crippen molar-refractivity contribution in [3.63, 3.8) is 0 Å². The molecule has 0 radical (unpaired) electrons. The van der Waals surface area contributed by atoms with Gasteiger partial charge >= 0.3 is 41.3 Å². The monoisotopic (exact) mass is 1530 g/mol. The van der Waals surface area contributed by atoms with Crippen molar-refractivity contribution < 1.29 is 135 Å². The number of nitrogens with two attached hydrogens (primary N) is 1. The zero-order chi connectivity index (χ0) is 74.5. The van der Waals surface area contributed by atoms with Gasteiger partial charge in [0.1, 0.15) is 53.9 Å². The molecule has 552 valence electrons. The second kappa shape index (κ2) is 31.5. The van der Waals surface area contributed by atoms with Gasteiger partial charge in [-0.15, -0.1) is 0 Å². The van der Waals surface area contributed by atoms with Crippen LogP contribution in [0.5, 0.6) is 11.5 Å². The Morgan fingerprint density at radius 3 is 2.05 bits per heavy atom. The summed E-state index contributed by atoms with van der Waals surface area (Å²) in [6.45, 7) is 5.30. The number of carboxylic acid groups (broad SMARTS) is 1. The number of nitrogens with zero attached hydrogens (tertiary/aromatic N) is 4. The highest BCUT2D eigenvalue weighted by atomic mass is 32.2. The second-order valence-corrected chi connectivity index (χ2v) is 31.3. The Bertz CT molecular complexity index is 4790. The van der Waals surface area contributed by atoms with E-state index in [1.54, 1.807) is 64.1 Å². The standard InChI is InChI=1S/C59H68N7O31P3S2/c1-58(2)26-36(31-101(81,82)83)39-21-42-46(23-44(39)63-58)93-47-24-45-40(37(32-102(84,85)86)27-59(3,4)64-45)22-43(47)52(42)38-9-8-33(20-41(38)55(68)69)54(67)61-11-13-87-14-15-88-16-17-89-18-19-90-28-34-6-5-7-35(53(34)66(72)73)29-91-57(71)95-48-25-51(65-12-10-50(60)62-56(65)70)94-49(48)30-92-99(77,78)97-100(79,80)96-98(74,75)76/h5-10,12,20-24,26-27,48-49,51,63H,11,13-19,25,28-32H2,1-4H3,(H,61,67)(H,68,69)(H,77,78)(H,79,80)(H2,60,62,70)(H2,74,75,76)(H,81,82,83)(H,84,85,86)/t48-,49-,51-/m1/s1. The largest absolute Gasteiger partial charge is 0.508 e. The lowest BCUT2D eigenvalue weighted by molar-refractivity contribution is -0.387. The number of phosphoric ester groups is 1. The van der Waals surface area contributed by atoms with Crippen LogP contribution >= 0.6 is 23.5 Å². The van der Waals surface area contributed by atoms with E-state index < -0.39 is 139 Å². The minimum atomic E-state index is -5.93. The number of carboxylic acids is 1. The van der Waals surface area contributed by atoms with E-state index in [0.717, 1.165) is 10.8 Å². The first-order chi connectivity index (χ1) is 47.6. The Balaban J connectivity index is 0.742. The van der Waals surface area contributed by atoms with Gasteiger partial charge in [-0.3, -0.25) is 38.1 Å². The molecule has 11 N–H and O–H groups in total. The maximum absolute atomic E-state index is 13.6. The van der Waals surface area contributed by atoms with Crippen molar-refractivity contribution in [2.24, 2.45) is 4.99 Å². The molecule has 38 nitrogen and oxygen atoms in total. The molecule has 1 fully saturated rings. The van der Waals surface area contributed by atoms with Gasteiger partial charge in [0.05, 0.1) is 97.5 Å². The summed E-state index contributed by atoms with van der Waals surface area (Å²) in [4.78, 5) is 110. The molecule has 2 unspecified atom stereocenters. The second-order valence-electron chi connectivity index (χ2n) is 24.0. The Morgan fingerprint density at radius 2 is 1.42 bits per heavy atom. The molecule has 0 saturated carbocycles. The molecule has 0 bridgehead atoms. The number of anilines is 2. The first kappa shape index (κ1) is 78.1. The number of nitrogens with one attached hydrogen (secondary N) is 2. The van der Waals surface area contributed by atoms with Gasteiger partial charge in [-0.05, 0) is 86.9 Å². The average Bonchev–Trinajstić information content (AvgIpc) is 0.805. The average molecular weight is 1530 g/mol. The van der Waals surface area contributed by atoms with Crippen molar-refractivity contribution in [3.8, 4) is 11.5 Å². The number of nitro benzene ring substituents is 1. The van der Waals surface area contributed by atoms with E-state index in [9.17, 15) is 83.8 Å². The predicted molar refractivity (Wildman–Crippen MR) is 353 cm³/mol. The van der Waals surface area contributed by atoms with Crippen molar-refractivity contribution in [3.05, 3.63) is 161 Å². The summed E-state index contributed by atoms with van der Waals surface area (Å²) in [5.74, 6) is -3.44. The first-order valence-electron chi connectivity index (χ1n) is 30.2. The molecule has 0 aliphatic carbocycles. The molecule has 43 heteroatoms. The zero-order valence-electron chi connectivity index (χ0n) is 54.2. The third-order valence-corrected chi connectivity index (χ3v) is 20.3. The van der Waals surface area contributed by atoms with Crippen molar-refractivity contribution in [2.75, 3.05) is 82.0 Å². The number of rotatable bonds is 33. The van der Waals surface area contributed by atoms with Gasteiger partial charge in [0, 0.05) is 70.0 Å². The number of hydrogen-bond acceptors (Lipinski definition) is 28. The van der Waals surface area contributed by atoms with E-state index in [-0.39, 0.29) is 132 Å². The highest BCUT2D eigenvalue weighted by molar-refractivity contribution is 7.86. The van der Waals surface area contributed by atoms with Crippen molar-refractivity contribution >= 4 is 95.6 Å². The lowest BCUT2D eigenvalue weighted by atomic mass is 9.84. The lowest BCUT2D eigenvalue weighted by Gasteiger charge is -2.34. The number of aromatic nitrogens is 2.